The summed E-state index contributed by atoms with van der Waals surface area (Å²) in [5.74, 6) is -4.66. The summed E-state index contributed by atoms with van der Waals surface area (Å²) in [5, 5.41) is 9.78. The van der Waals surface area contributed by atoms with Crippen molar-refractivity contribution in [3.8, 4) is 22.4 Å². The van der Waals surface area contributed by atoms with E-state index in [0.717, 1.165) is 11.0 Å². The van der Waals surface area contributed by atoms with Gasteiger partial charge in [0.2, 0.25) is 5.88 Å². The molecule has 1 aliphatic rings. The van der Waals surface area contributed by atoms with Crippen LogP contribution >= 0.6 is 0 Å². The molecule has 0 saturated carbocycles. The summed E-state index contributed by atoms with van der Waals surface area (Å²) < 4.78 is 61.6. The van der Waals surface area contributed by atoms with E-state index < -0.39 is 42.4 Å². The molecule has 3 heterocycles. The van der Waals surface area contributed by atoms with Crippen LogP contribution in [0.5, 0.6) is 0 Å². The van der Waals surface area contributed by atoms with Gasteiger partial charge < -0.3 is 14.4 Å². The number of amides is 2. The van der Waals surface area contributed by atoms with E-state index in [1.165, 1.54) is 48.5 Å². The number of benzene rings is 2. The Morgan fingerprint density at radius 1 is 1.03 bits per heavy atom. The molecule has 1 N–H and O–H groups in total. The second-order valence-corrected chi connectivity index (χ2v) is 9.08. The number of carbonyl (C=O) groups excluding carboxylic acids is 1. The highest BCUT2D eigenvalue weighted by Crippen LogP contribution is 2.38. The molecule has 5 rings (SSSR count). The van der Waals surface area contributed by atoms with Gasteiger partial charge in [-0.05, 0) is 35.9 Å². The van der Waals surface area contributed by atoms with Gasteiger partial charge in [0.15, 0.2) is 0 Å². The van der Waals surface area contributed by atoms with E-state index in [9.17, 15) is 27.9 Å². The zero-order valence-electron chi connectivity index (χ0n) is 20.1. The van der Waals surface area contributed by atoms with E-state index >= 15 is 4.39 Å². The fourth-order valence-corrected chi connectivity index (χ4v) is 4.37. The molecule has 4 aromatic rings. The number of hydrogen-bond acceptors (Lipinski definition) is 4. The van der Waals surface area contributed by atoms with Gasteiger partial charge in [0.05, 0.1) is 5.56 Å². The summed E-state index contributed by atoms with van der Waals surface area (Å²) in [4.78, 5) is 30.5. The van der Waals surface area contributed by atoms with Gasteiger partial charge in [-0.2, -0.15) is 0 Å². The highest BCUT2D eigenvalue weighted by Gasteiger charge is 2.36. The molecule has 196 valence electrons. The number of anilines is 1. The molecule has 1 aliphatic heterocycles. The minimum Gasteiger partial charge on any atom is -0.465 e. The van der Waals surface area contributed by atoms with Crippen LogP contribution in [0.2, 0.25) is 0 Å². The van der Waals surface area contributed by atoms with Crippen LogP contribution in [0, 0.1) is 11.6 Å². The molecule has 0 unspecified atom stereocenters. The number of halogens is 4. The number of furan rings is 1. The van der Waals surface area contributed by atoms with Crippen molar-refractivity contribution >= 4 is 28.9 Å². The van der Waals surface area contributed by atoms with E-state index in [-0.39, 0.29) is 30.2 Å². The highest BCUT2D eigenvalue weighted by atomic mass is 19.3. The Labute approximate surface area is 213 Å². The molecule has 1 saturated heterocycles. The highest BCUT2D eigenvalue weighted by molar-refractivity contribution is 5.99. The Kier molecular flexibility index (Phi) is 6.29. The minimum absolute atomic E-state index is 0.0227. The number of piperidine rings is 1. The van der Waals surface area contributed by atoms with Crippen molar-refractivity contribution in [2.24, 2.45) is 0 Å². The van der Waals surface area contributed by atoms with Gasteiger partial charge >= 0.3 is 6.09 Å². The summed E-state index contributed by atoms with van der Waals surface area (Å²) in [5.41, 5.74) is 1.43. The molecular formula is C27H21F4N3O4. The van der Waals surface area contributed by atoms with Crippen LogP contribution in [0.4, 0.5) is 28.2 Å². The fourth-order valence-electron chi connectivity index (χ4n) is 4.37. The van der Waals surface area contributed by atoms with Gasteiger partial charge in [0, 0.05) is 61.8 Å². The molecule has 1 fully saturated rings. The Morgan fingerprint density at radius 2 is 1.71 bits per heavy atom. The Balaban J connectivity index is 1.55. The van der Waals surface area contributed by atoms with Crippen molar-refractivity contribution in [2.75, 3.05) is 25.0 Å². The number of carbonyl (C=O) groups is 2. The number of fused-ring (bicyclic) bond motifs is 1. The largest absolute Gasteiger partial charge is 0.465 e. The second-order valence-electron chi connectivity index (χ2n) is 9.08. The van der Waals surface area contributed by atoms with Crippen molar-refractivity contribution in [1.29, 1.82) is 0 Å². The van der Waals surface area contributed by atoms with Crippen LogP contribution in [-0.4, -0.2) is 53.1 Å². The lowest BCUT2D eigenvalue weighted by Gasteiger charge is -2.31. The lowest BCUT2D eigenvalue weighted by Crippen LogP contribution is -2.42. The first-order chi connectivity index (χ1) is 18.0. The van der Waals surface area contributed by atoms with E-state index in [2.05, 4.69) is 4.98 Å². The number of nitrogens with zero attached hydrogens (tertiary/aromatic N) is 3. The number of likely N-dealkylation sites (tertiary alicyclic amines) is 1. The monoisotopic (exact) mass is 527 g/mol. The molecule has 38 heavy (non-hydrogen) atoms. The standard InChI is InChI=1S/C27H21F4N3O4/c1-33(26(36)37)22-13-17-10-16(11-20(24(17)38-22)15-2-4-19(28)5-3-15)23-21(29)12-18(14-32-23)25(35)34-8-6-27(30,31)7-9-34/h2-5,10-14H,6-9H2,1H3,(H,36,37). The first kappa shape index (κ1) is 25.2. The summed E-state index contributed by atoms with van der Waals surface area (Å²) in [6.07, 6.45) is -0.974. The molecule has 7 nitrogen and oxygen atoms in total. The average Bonchev–Trinajstić information content (AvgIpc) is 3.32. The van der Waals surface area contributed by atoms with E-state index in [0.29, 0.717) is 27.7 Å². The molecule has 0 atom stereocenters. The third kappa shape index (κ3) is 4.79. The Bertz CT molecular complexity index is 1540. The molecule has 2 aromatic heterocycles. The van der Waals surface area contributed by atoms with E-state index in [1.807, 2.05) is 0 Å². The van der Waals surface area contributed by atoms with Crippen molar-refractivity contribution in [3.63, 3.8) is 0 Å². The fraction of sp³-hybridized carbons (Fsp3) is 0.222. The second kappa shape index (κ2) is 9.47. The number of alkyl halides is 2. The quantitative estimate of drug-likeness (QED) is 0.309. The third-order valence-electron chi connectivity index (χ3n) is 6.52. The predicted molar refractivity (Wildman–Crippen MR) is 131 cm³/mol. The maximum Gasteiger partial charge on any atom is 0.413 e. The maximum absolute atomic E-state index is 15.3. The topological polar surface area (TPSA) is 86.9 Å². The normalized spacial score (nSPS) is 15.0. The molecule has 0 aliphatic carbocycles. The van der Waals surface area contributed by atoms with E-state index in [4.69, 9.17) is 4.42 Å². The Hall–Kier alpha value is -4.41. The van der Waals surface area contributed by atoms with Gasteiger partial charge in [-0.25, -0.2) is 22.4 Å². The lowest BCUT2D eigenvalue weighted by atomic mass is 9.98. The molecule has 0 spiro atoms. The van der Waals surface area contributed by atoms with Crippen molar-refractivity contribution in [1.82, 2.24) is 9.88 Å². The average molecular weight is 527 g/mol. The van der Waals surface area contributed by atoms with Gasteiger partial charge in [-0.3, -0.25) is 14.7 Å². The third-order valence-corrected chi connectivity index (χ3v) is 6.52. The van der Waals surface area contributed by atoms with Crippen LogP contribution in [0.15, 0.2) is 59.1 Å². The van der Waals surface area contributed by atoms with Crippen LogP contribution in [-0.2, 0) is 0 Å². The molecule has 2 aromatic carbocycles. The molecule has 11 heteroatoms. The Morgan fingerprint density at radius 3 is 2.34 bits per heavy atom. The van der Waals surface area contributed by atoms with Gasteiger partial charge in [0.1, 0.15) is 22.9 Å². The SMILES string of the molecule is CN(C(=O)O)c1cc2cc(-c3ncc(C(=O)N4CCC(F)(F)CC4)cc3F)cc(-c3ccc(F)cc3)c2o1. The van der Waals surface area contributed by atoms with Gasteiger partial charge in [-0.15, -0.1) is 0 Å². The number of aromatic nitrogens is 1. The first-order valence-corrected chi connectivity index (χ1v) is 11.7. The van der Waals surface area contributed by atoms with Crippen molar-refractivity contribution < 1.29 is 36.7 Å². The van der Waals surface area contributed by atoms with Crippen LogP contribution in [0.25, 0.3) is 33.4 Å². The van der Waals surface area contributed by atoms with Gasteiger partial charge in [0.25, 0.3) is 11.8 Å². The lowest BCUT2D eigenvalue weighted by molar-refractivity contribution is -0.0494. The zero-order chi connectivity index (χ0) is 27.2. The van der Waals surface area contributed by atoms with Crippen molar-refractivity contribution in [3.05, 3.63) is 71.9 Å². The summed E-state index contributed by atoms with van der Waals surface area (Å²) >= 11 is 0. The first-order valence-electron chi connectivity index (χ1n) is 11.7. The van der Waals surface area contributed by atoms with Crippen LogP contribution < -0.4 is 4.90 Å². The summed E-state index contributed by atoms with van der Waals surface area (Å²) in [6.45, 7) is -0.277. The van der Waals surface area contributed by atoms with Crippen LogP contribution in [0.1, 0.15) is 23.2 Å². The molecule has 0 bridgehead atoms. The maximum atomic E-state index is 15.3. The number of pyridine rings is 1. The number of rotatable bonds is 4. The summed E-state index contributed by atoms with van der Waals surface area (Å²) in [7, 11) is 1.30. The van der Waals surface area contributed by atoms with Crippen LogP contribution in [0.3, 0.4) is 0 Å². The molecular weight excluding hydrogens is 506 g/mol. The molecule has 2 amide bonds. The summed E-state index contributed by atoms with van der Waals surface area (Å²) in [6, 6.07) is 11.1. The van der Waals surface area contributed by atoms with Crippen molar-refractivity contribution in [2.45, 2.75) is 18.8 Å². The zero-order valence-corrected chi connectivity index (χ0v) is 20.1. The predicted octanol–water partition coefficient (Wildman–Crippen LogP) is 6.43. The van der Waals surface area contributed by atoms with E-state index in [1.54, 1.807) is 12.1 Å². The number of hydrogen-bond donors (Lipinski definition) is 1. The minimum atomic E-state index is -2.82. The van der Waals surface area contributed by atoms with Gasteiger partial charge in [-0.1, -0.05) is 12.1 Å². The number of carboxylic acid groups (broad SMARTS) is 1. The smallest absolute Gasteiger partial charge is 0.413 e. The molecule has 0 radical (unpaired) electrons.